The Morgan fingerprint density at radius 1 is 1.47 bits per heavy atom. The van der Waals surface area contributed by atoms with E-state index in [1.54, 1.807) is 12.1 Å². The van der Waals surface area contributed by atoms with Gasteiger partial charge in [-0.1, -0.05) is 28.1 Å². The Morgan fingerprint density at radius 2 is 2.24 bits per heavy atom. The van der Waals surface area contributed by atoms with Crippen molar-refractivity contribution in [3.05, 3.63) is 39.9 Å². The fourth-order valence-electron chi connectivity index (χ4n) is 1.67. The summed E-state index contributed by atoms with van der Waals surface area (Å²) in [4.78, 5) is 28.8. The lowest BCUT2D eigenvalue weighted by molar-refractivity contribution is 0.0683. The normalized spacial score (nSPS) is 10.6. The third-order valence-electron chi connectivity index (χ3n) is 2.39. The summed E-state index contributed by atoms with van der Waals surface area (Å²) >= 11 is 3.31. The van der Waals surface area contributed by atoms with Crippen molar-refractivity contribution in [2.45, 2.75) is 6.42 Å². The predicted molar refractivity (Wildman–Crippen MR) is 66.8 cm³/mol. The van der Waals surface area contributed by atoms with Gasteiger partial charge in [-0.3, -0.25) is 4.79 Å². The van der Waals surface area contributed by atoms with Gasteiger partial charge in [0.2, 0.25) is 5.82 Å². The van der Waals surface area contributed by atoms with Gasteiger partial charge < -0.3 is 10.1 Å². The molecule has 2 rings (SSSR count). The SMILES string of the molecule is O=C(O)c1nc2cccc(CCBr)c2c(=O)[nH]1. The zero-order valence-electron chi connectivity index (χ0n) is 8.74. The Labute approximate surface area is 105 Å². The molecule has 0 radical (unpaired) electrons. The maximum atomic E-state index is 11.8. The third kappa shape index (κ3) is 2.21. The van der Waals surface area contributed by atoms with Crippen molar-refractivity contribution < 1.29 is 9.90 Å². The second-order valence-corrected chi connectivity index (χ2v) is 4.26. The van der Waals surface area contributed by atoms with Gasteiger partial charge >= 0.3 is 5.97 Å². The van der Waals surface area contributed by atoms with Crippen LogP contribution in [0.3, 0.4) is 0 Å². The molecule has 5 nitrogen and oxygen atoms in total. The Kier molecular flexibility index (Phi) is 3.23. The summed E-state index contributed by atoms with van der Waals surface area (Å²) in [6, 6.07) is 5.23. The average molecular weight is 297 g/mol. The number of carboxylic acids is 1. The maximum Gasteiger partial charge on any atom is 0.372 e. The van der Waals surface area contributed by atoms with Crippen LogP contribution in [0.15, 0.2) is 23.0 Å². The molecule has 0 aliphatic rings. The van der Waals surface area contributed by atoms with Crippen molar-refractivity contribution in [3.63, 3.8) is 0 Å². The van der Waals surface area contributed by atoms with Gasteiger partial charge in [0.15, 0.2) is 0 Å². The Bertz CT molecular complexity index is 636. The fourth-order valence-corrected chi connectivity index (χ4v) is 2.10. The molecule has 0 spiro atoms. The largest absolute Gasteiger partial charge is 0.475 e. The molecule has 0 saturated carbocycles. The van der Waals surface area contributed by atoms with Crippen LogP contribution in [0, 0.1) is 0 Å². The molecule has 1 heterocycles. The summed E-state index contributed by atoms with van der Waals surface area (Å²) in [7, 11) is 0. The second kappa shape index (κ2) is 4.67. The van der Waals surface area contributed by atoms with E-state index in [0.717, 1.165) is 10.9 Å². The molecule has 0 saturated heterocycles. The molecule has 0 aliphatic carbocycles. The monoisotopic (exact) mass is 296 g/mol. The van der Waals surface area contributed by atoms with Gasteiger partial charge in [0.05, 0.1) is 10.9 Å². The summed E-state index contributed by atoms with van der Waals surface area (Å²) < 4.78 is 0. The number of carbonyl (C=O) groups is 1. The number of nitrogens with zero attached hydrogens (tertiary/aromatic N) is 1. The van der Waals surface area contributed by atoms with Crippen LogP contribution in [-0.2, 0) is 6.42 Å². The van der Waals surface area contributed by atoms with E-state index in [1.165, 1.54) is 0 Å². The summed E-state index contributed by atoms with van der Waals surface area (Å²) in [5.41, 5.74) is 0.846. The minimum Gasteiger partial charge on any atom is -0.475 e. The number of aromatic carboxylic acids is 1. The van der Waals surface area contributed by atoms with E-state index in [4.69, 9.17) is 5.11 Å². The molecule has 1 aromatic heterocycles. The lowest BCUT2D eigenvalue weighted by Gasteiger charge is -2.04. The minimum atomic E-state index is -1.24. The van der Waals surface area contributed by atoms with E-state index < -0.39 is 11.5 Å². The predicted octanol–water partition coefficient (Wildman–Crippen LogP) is 1.56. The number of hydrogen-bond acceptors (Lipinski definition) is 3. The smallest absolute Gasteiger partial charge is 0.372 e. The molecule has 2 N–H and O–H groups in total. The van der Waals surface area contributed by atoms with Gasteiger partial charge in [-0.15, -0.1) is 0 Å². The number of rotatable bonds is 3. The van der Waals surface area contributed by atoms with Crippen molar-refractivity contribution in [2.24, 2.45) is 0 Å². The summed E-state index contributed by atoms with van der Waals surface area (Å²) in [6.45, 7) is 0. The van der Waals surface area contributed by atoms with Crippen LogP contribution in [0.5, 0.6) is 0 Å². The molecule has 6 heteroatoms. The van der Waals surface area contributed by atoms with Gasteiger partial charge in [0.25, 0.3) is 5.56 Å². The lowest BCUT2D eigenvalue weighted by atomic mass is 10.1. The topological polar surface area (TPSA) is 83.0 Å². The fraction of sp³-hybridized carbons (Fsp3) is 0.182. The molecule has 2 aromatic rings. The Hall–Kier alpha value is -1.69. The molecule has 0 atom stereocenters. The highest BCUT2D eigenvalue weighted by Gasteiger charge is 2.11. The van der Waals surface area contributed by atoms with Gasteiger partial charge in [0, 0.05) is 5.33 Å². The van der Waals surface area contributed by atoms with Crippen molar-refractivity contribution in [3.8, 4) is 0 Å². The first-order valence-corrected chi connectivity index (χ1v) is 6.07. The van der Waals surface area contributed by atoms with Gasteiger partial charge in [-0.05, 0) is 18.1 Å². The highest BCUT2D eigenvalue weighted by molar-refractivity contribution is 9.09. The van der Waals surface area contributed by atoms with E-state index in [2.05, 4.69) is 25.9 Å². The van der Waals surface area contributed by atoms with Crippen LogP contribution < -0.4 is 5.56 Å². The molecule has 17 heavy (non-hydrogen) atoms. The average Bonchev–Trinajstić information content (AvgIpc) is 2.29. The number of aryl methyl sites for hydroxylation is 1. The van der Waals surface area contributed by atoms with E-state index in [-0.39, 0.29) is 5.82 Å². The molecule has 88 valence electrons. The Balaban J connectivity index is 2.76. The molecular formula is C11H9BrN2O3. The number of H-pyrrole nitrogens is 1. The molecule has 0 bridgehead atoms. The van der Waals surface area contributed by atoms with Crippen LogP contribution in [-0.4, -0.2) is 26.4 Å². The summed E-state index contributed by atoms with van der Waals surface area (Å²) in [6.07, 6.45) is 0.689. The number of nitrogens with one attached hydrogen (secondary N) is 1. The number of aromatic nitrogens is 2. The third-order valence-corrected chi connectivity index (χ3v) is 2.78. The first-order chi connectivity index (χ1) is 8.13. The van der Waals surface area contributed by atoms with Crippen LogP contribution in [0.2, 0.25) is 0 Å². The Morgan fingerprint density at radius 3 is 2.88 bits per heavy atom. The highest BCUT2D eigenvalue weighted by atomic mass is 79.9. The highest BCUT2D eigenvalue weighted by Crippen LogP contribution is 2.14. The van der Waals surface area contributed by atoms with E-state index in [0.29, 0.717) is 17.3 Å². The van der Waals surface area contributed by atoms with Crippen LogP contribution >= 0.6 is 15.9 Å². The van der Waals surface area contributed by atoms with Crippen molar-refractivity contribution in [1.29, 1.82) is 0 Å². The number of aromatic amines is 1. The first-order valence-electron chi connectivity index (χ1n) is 4.94. The molecular weight excluding hydrogens is 288 g/mol. The van der Waals surface area contributed by atoms with Crippen LogP contribution in [0.25, 0.3) is 10.9 Å². The summed E-state index contributed by atoms with van der Waals surface area (Å²) in [5, 5.41) is 9.99. The lowest BCUT2D eigenvalue weighted by Crippen LogP contribution is -2.16. The van der Waals surface area contributed by atoms with Crippen molar-refractivity contribution >= 4 is 32.8 Å². The standard InChI is InChI=1S/C11H9BrN2O3/c12-5-4-6-2-1-3-7-8(6)10(15)14-9(13-7)11(16)17/h1-3H,4-5H2,(H,16,17)(H,13,14,15). The van der Waals surface area contributed by atoms with E-state index in [9.17, 15) is 9.59 Å². The van der Waals surface area contributed by atoms with Gasteiger partial charge in [0.1, 0.15) is 0 Å². The quantitative estimate of drug-likeness (QED) is 0.842. The molecule has 1 aromatic carbocycles. The van der Waals surface area contributed by atoms with Crippen molar-refractivity contribution in [1.82, 2.24) is 9.97 Å². The number of fused-ring (bicyclic) bond motifs is 1. The minimum absolute atomic E-state index is 0.335. The summed E-state index contributed by atoms with van der Waals surface area (Å²) in [5.74, 6) is -1.58. The van der Waals surface area contributed by atoms with Gasteiger partial charge in [-0.25, -0.2) is 9.78 Å². The van der Waals surface area contributed by atoms with Crippen LogP contribution in [0.4, 0.5) is 0 Å². The number of alkyl halides is 1. The number of hydrogen-bond donors (Lipinski definition) is 2. The van der Waals surface area contributed by atoms with Crippen LogP contribution in [0.1, 0.15) is 16.2 Å². The zero-order chi connectivity index (χ0) is 12.4. The number of benzene rings is 1. The molecule has 0 aliphatic heterocycles. The number of carboxylic acid groups (broad SMARTS) is 1. The molecule has 0 unspecified atom stereocenters. The second-order valence-electron chi connectivity index (χ2n) is 3.47. The van der Waals surface area contributed by atoms with Crippen molar-refractivity contribution in [2.75, 3.05) is 5.33 Å². The van der Waals surface area contributed by atoms with E-state index in [1.807, 2.05) is 6.07 Å². The molecule has 0 fully saturated rings. The number of halogens is 1. The van der Waals surface area contributed by atoms with E-state index >= 15 is 0 Å². The van der Waals surface area contributed by atoms with Gasteiger partial charge in [-0.2, -0.15) is 0 Å². The molecule has 0 amide bonds. The first kappa shape index (κ1) is 11.8. The zero-order valence-corrected chi connectivity index (χ0v) is 10.3. The maximum absolute atomic E-state index is 11.8.